The maximum atomic E-state index is 5.08. The number of fused-ring (bicyclic) bond motifs is 1. The standard InChI is InChI=1S/C39H37N7/c1-29-20-22-30(23-21-29)13-12-24-45-28-31(27-41-45)25-32-26-36(40-2)42-38-37(32)43-44-46(38)39(33-14-6-3-7-15-33,34-16-8-4-9-17-34)35-18-10-5-11-19-35/h3-11,14-23,26-28H,12-13,24-25H2,1-2H3,(H,40,42). The van der Waals surface area contributed by atoms with Gasteiger partial charge in [-0.2, -0.15) is 5.10 Å². The molecule has 7 heteroatoms. The third kappa shape index (κ3) is 5.56. The molecule has 3 aromatic heterocycles. The van der Waals surface area contributed by atoms with Gasteiger partial charge in [0.1, 0.15) is 16.9 Å². The van der Waals surface area contributed by atoms with Gasteiger partial charge in [-0.3, -0.25) is 4.68 Å². The minimum absolute atomic E-state index is 0.666. The molecule has 0 aliphatic heterocycles. The normalized spacial score (nSPS) is 11.6. The van der Waals surface area contributed by atoms with Crippen LogP contribution in [0, 0.1) is 6.92 Å². The van der Waals surface area contributed by atoms with Crippen molar-refractivity contribution in [1.82, 2.24) is 29.8 Å². The van der Waals surface area contributed by atoms with Crippen molar-refractivity contribution in [1.29, 1.82) is 0 Å². The first kappa shape index (κ1) is 29.2. The van der Waals surface area contributed by atoms with Crippen LogP contribution in [-0.2, 0) is 24.9 Å². The highest BCUT2D eigenvalue weighted by Crippen LogP contribution is 2.42. The zero-order chi connectivity index (χ0) is 31.3. The minimum Gasteiger partial charge on any atom is -0.373 e. The summed E-state index contributed by atoms with van der Waals surface area (Å²) in [4.78, 5) is 5.08. The number of hydrogen-bond acceptors (Lipinski definition) is 5. The smallest absolute Gasteiger partial charge is 0.182 e. The van der Waals surface area contributed by atoms with E-state index in [1.54, 1.807) is 0 Å². The van der Waals surface area contributed by atoms with Crippen molar-refractivity contribution < 1.29 is 0 Å². The van der Waals surface area contributed by atoms with Crippen LogP contribution in [0.4, 0.5) is 5.82 Å². The molecule has 0 saturated carbocycles. The Labute approximate surface area is 269 Å². The van der Waals surface area contributed by atoms with Gasteiger partial charge in [0.25, 0.3) is 0 Å². The van der Waals surface area contributed by atoms with Crippen molar-refractivity contribution in [2.45, 2.75) is 38.3 Å². The number of rotatable bonds is 11. The minimum atomic E-state index is -0.808. The van der Waals surface area contributed by atoms with Gasteiger partial charge in [-0.15, -0.1) is 5.10 Å². The molecule has 0 bridgehead atoms. The molecule has 228 valence electrons. The number of benzene rings is 4. The number of nitrogens with zero attached hydrogens (tertiary/aromatic N) is 6. The van der Waals surface area contributed by atoms with Crippen LogP contribution < -0.4 is 5.32 Å². The molecule has 7 nitrogen and oxygen atoms in total. The van der Waals surface area contributed by atoms with E-state index < -0.39 is 5.54 Å². The van der Waals surface area contributed by atoms with Gasteiger partial charge in [-0.1, -0.05) is 126 Å². The molecule has 0 aliphatic carbocycles. The molecule has 3 heterocycles. The van der Waals surface area contributed by atoms with Crippen LogP contribution >= 0.6 is 0 Å². The first-order valence-electron chi connectivity index (χ1n) is 15.8. The Morgan fingerprint density at radius 1 is 0.739 bits per heavy atom. The quantitative estimate of drug-likeness (QED) is 0.156. The Morgan fingerprint density at radius 3 is 1.93 bits per heavy atom. The number of pyridine rings is 1. The average molecular weight is 604 g/mol. The van der Waals surface area contributed by atoms with E-state index in [1.165, 1.54) is 11.1 Å². The van der Waals surface area contributed by atoms with Crippen molar-refractivity contribution in [2.75, 3.05) is 12.4 Å². The highest BCUT2D eigenvalue weighted by Gasteiger charge is 2.41. The number of nitrogens with one attached hydrogen (secondary N) is 1. The van der Waals surface area contributed by atoms with Crippen LogP contribution in [0.1, 0.15) is 45.4 Å². The number of aryl methyl sites for hydroxylation is 3. The van der Waals surface area contributed by atoms with Gasteiger partial charge >= 0.3 is 0 Å². The van der Waals surface area contributed by atoms with Crippen LogP contribution in [0.3, 0.4) is 0 Å². The molecule has 7 rings (SSSR count). The Balaban J connectivity index is 1.29. The molecule has 0 unspecified atom stereocenters. The average Bonchev–Trinajstić information content (AvgIpc) is 3.75. The van der Waals surface area contributed by atoms with E-state index in [2.05, 4.69) is 127 Å². The molecular formula is C39H37N7. The lowest BCUT2D eigenvalue weighted by atomic mass is 9.77. The van der Waals surface area contributed by atoms with Crippen LogP contribution in [0.2, 0.25) is 0 Å². The fourth-order valence-electron chi connectivity index (χ4n) is 6.40. The van der Waals surface area contributed by atoms with Gasteiger partial charge in [0.2, 0.25) is 0 Å². The number of aromatic nitrogens is 6. The predicted molar refractivity (Wildman–Crippen MR) is 184 cm³/mol. The first-order chi connectivity index (χ1) is 22.6. The summed E-state index contributed by atoms with van der Waals surface area (Å²) in [5.41, 5.74) is 8.72. The Hall–Kier alpha value is -5.56. The second kappa shape index (κ2) is 12.8. The van der Waals surface area contributed by atoms with Gasteiger partial charge in [0.15, 0.2) is 5.65 Å². The van der Waals surface area contributed by atoms with Crippen LogP contribution in [0.25, 0.3) is 11.2 Å². The molecule has 0 atom stereocenters. The maximum Gasteiger partial charge on any atom is 0.182 e. The van der Waals surface area contributed by atoms with E-state index in [-0.39, 0.29) is 0 Å². The molecule has 0 aliphatic rings. The van der Waals surface area contributed by atoms with Crippen molar-refractivity contribution in [2.24, 2.45) is 0 Å². The van der Waals surface area contributed by atoms with Crippen LogP contribution in [0.5, 0.6) is 0 Å². The predicted octanol–water partition coefficient (Wildman–Crippen LogP) is 7.44. The summed E-state index contributed by atoms with van der Waals surface area (Å²) in [6.07, 6.45) is 6.83. The highest BCUT2D eigenvalue weighted by molar-refractivity contribution is 5.78. The molecule has 0 spiro atoms. The van der Waals surface area contributed by atoms with Gasteiger partial charge in [0, 0.05) is 26.2 Å². The molecule has 0 radical (unpaired) electrons. The van der Waals surface area contributed by atoms with Gasteiger partial charge < -0.3 is 5.32 Å². The van der Waals surface area contributed by atoms with Crippen molar-refractivity contribution >= 4 is 17.0 Å². The van der Waals surface area contributed by atoms with E-state index in [0.29, 0.717) is 12.1 Å². The SMILES string of the molecule is CNc1cc(Cc2cnn(CCCc3ccc(C)cc3)c2)c2nnn(C(c3ccccc3)(c3ccccc3)c3ccccc3)c2n1. The molecule has 7 aromatic rings. The zero-order valence-electron chi connectivity index (χ0n) is 26.2. The molecule has 46 heavy (non-hydrogen) atoms. The second-order valence-electron chi connectivity index (χ2n) is 11.8. The molecule has 4 aromatic carbocycles. The molecule has 0 saturated heterocycles. The highest BCUT2D eigenvalue weighted by atomic mass is 15.5. The summed E-state index contributed by atoms with van der Waals surface area (Å²) < 4.78 is 4.05. The van der Waals surface area contributed by atoms with E-state index in [9.17, 15) is 0 Å². The summed E-state index contributed by atoms with van der Waals surface area (Å²) in [7, 11) is 1.90. The van der Waals surface area contributed by atoms with Gasteiger partial charge in [0.05, 0.1) is 6.20 Å². The second-order valence-corrected chi connectivity index (χ2v) is 11.8. The lowest BCUT2D eigenvalue weighted by Gasteiger charge is -2.36. The number of hydrogen-bond donors (Lipinski definition) is 1. The summed E-state index contributed by atoms with van der Waals surface area (Å²) in [6, 6.07) is 42.4. The van der Waals surface area contributed by atoms with Crippen molar-refractivity contribution in [3.63, 3.8) is 0 Å². The van der Waals surface area contributed by atoms with Gasteiger partial charge in [-0.25, -0.2) is 9.67 Å². The van der Waals surface area contributed by atoms with E-state index in [4.69, 9.17) is 15.3 Å². The molecule has 1 N–H and O–H groups in total. The third-order valence-electron chi connectivity index (χ3n) is 8.69. The fraction of sp³-hybridized carbons (Fsp3) is 0.179. The maximum absolute atomic E-state index is 5.08. The third-order valence-corrected chi connectivity index (χ3v) is 8.69. The Kier molecular flexibility index (Phi) is 8.12. The van der Waals surface area contributed by atoms with E-state index >= 15 is 0 Å². The summed E-state index contributed by atoms with van der Waals surface area (Å²) >= 11 is 0. The van der Waals surface area contributed by atoms with Crippen LogP contribution in [-0.4, -0.2) is 36.8 Å². The monoisotopic (exact) mass is 603 g/mol. The first-order valence-corrected chi connectivity index (χ1v) is 15.8. The Morgan fingerprint density at radius 2 is 1.35 bits per heavy atom. The largest absolute Gasteiger partial charge is 0.373 e. The fourth-order valence-corrected chi connectivity index (χ4v) is 6.40. The van der Waals surface area contributed by atoms with Gasteiger partial charge in [-0.05, 0) is 59.2 Å². The summed E-state index contributed by atoms with van der Waals surface area (Å²) in [5.74, 6) is 0.764. The van der Waals surface area contributed by atoms with Crippen molar-refractivity contribution in [3.8, 4) is 0 Å². The molecular weight excluding hydrogens is 566 g/mol. The lowest BCUT2D eigenvalue weighted by Crippen LogP contribution is -2.39. The van der Waals surface area contributed by atoms with Crippen molar-refractivity contribution in [3.05, 3.63) is 173 Å². The van der Waals surface area contributed by atoms with E-state index in [1.807, 2.05) is 40.8 Å². The summed E-state index contributed by atoms with van der Waals surface area (Å²) in [5, 5.41) is 17.7. The van der Waals surface area contributed by atoms with E-state index in [0.717, 1.165) is 58.5 Å². The molecule has 0 fully saturated rings. The molecule has 0 amide bonds. The Bertz CT molecular complexity index is 1930. The van der Waals surface area contributed by atoms with Crippen LogP contribution in [0.15, 0.2) is 134 Å². The topological polar surface area (TPSA) is 73.5 Å². The number of anilines is 1. The summed E-state index contributed by atoms with van der Waals surface area (Å²) in [6.45, 7) is 2.99. The lowest BCUT2D eigenvalue weighted by molar-refractivity contribution is 0.458. The zero-order valence-corrected chi connectivity index (χ0v) is 26.2.